The Morgan fingerprint density at radius 2 is 1.55 bits per heavy atom. The van der Waals surface area contributed by atoms with E-state index in [-0.39, 0.29) is 28.9 Å². The summed E-state index contributed by atoms with van der Waals surface area (Å²) in [7, 11) is -2.69. The molecule has 4 nitrogen and oxygen atoms in total. The van der Waals surface area contributed by atoms with Gasteiger partial charge in [-0.15, -0.1) is 0 Å². The smallest absolute Gasteiger partial charge is 0.261 e. The summed E-state index contributed by atoms with van der Waals surface area (Å²) in [6.07, 6.45) is 2.84. The molecular formula is C32H40FNO3Si. The molecule has 4 unspecified atom stereocenters. The van der Waals surface area contributed by atoms with Crippen molar-refractivity contribution in [2.75, 3.05) is 18.5 Å². The summed E-state index contributed by atoms with van der Waals surface area (Å²) in [5.41, 5.74) is -0.194. The van der Waals surface area contributed by atoms with Gasteiger partial charge < -0.3 is 19.6 Å². The summed E-state index contributed by atoms with van der Waals surface area (Å²) in [6, 6.07) is 27.6. The van der Waals surface area contributed by atoms with Gasteiger partial charge in [-0.25, -0.2) is 4.39 Å². The lowest BCUT2D eigenvalue weighted by atomic mass is 9.69. The Labute approximate surface area is 227 Å². The van der Waals surface area contributed by atoms with Crippen LogP contribution in [0.1, 0.15) is 46.5 Å². The first kappa shape index (κ1) is 27.1. The van der Waals surface area contributed by atoms with Crippen molar-refractivity contribution >= 4 is 24.4 Å². The minimum atomic E-state index is -2.69. The van der Waals surface area contributed by atoms with Crippen LogP contribution in [0.3, 0.4) is 0 Å². The molecule has 2 aliphatic rings. The van der Waals surface area contributed by atoms with Gasteiger partial charge in [0.2, 0.25) is 0 Å². The van der Waals surface area contributed by atoms with Crippen LogP contribution >= 0.6 is 0 Å². The number of ether oxygens (including phenoxy) is 1. The van der Waals surface area contributed by atoms with E-state index in [2.05, 4.69) is 86.8 Å². The fourth-order valence-corrected chi connectivity index (χ4v) is 11.3. The van der Waals surface area contributed by atoms with Crippen molar-refractivity contribution in [3.05, 3.63) is 90.7 Å². The third kappa shape index (κ3) is 5.07. The van der Waals surface area contributed by atoms with Crippen LogP contribution in [0, 0.1) is 11.7 Å². The third-order valence-electron chi connectivity index (χ3n) is 8.49. The van der Waals surface area contributed by atoms with Crippen molar-refractivity contribution < 1.29 is 18.7 Å². The Kier molecular flexibility index (Phi) is 7.78. The van der Waals surface area contributed by atoms with Gasteiger partial charge in [0.05, 0.1) is 12.1 Å². The van der Waals surface area contributed by atoms with Crippen molar-refractivity contribution in [3.63, 3.8) is 0 Å². The first-order valence-electron chi connectivity index (χ1n) is 13.9. The van der Waals surface area contributed by atoms with Gasteiger partial charge >= 0.3 is 0 Å². The van der Waals surface area contributed by atoms with Crippen molar-refractivity contribution in [2.24, 2.45) is 5.92 Å². The van der Waals surface area contributed by atoms with Gasteiger partial charge in [0.15, 0.2) is 0 Å². The lowest BCUT2D eigenvalue weighted by Crippen LogP contribution is -2.68. The zero-order valence-electron chi connectivity index (χ0n) is 22.7. The molecule has 202 valence electrons. The number of fused-ring (bicyclic) bond motifs is 1. The second-order valence-corrected chi connectivity index (χ2v) is 16.2. The Morgan fingerprint density at radius 3 is 2.13 bits per heavy atom. The average Bonchev–Trinajstić information content (AvgIpc) is 2.91. The highest BCUT2D eigenvalue weighted by Crippen LogP contribution is 2.44. The van der Waals surface area contributed by atoms with Crippen LogP contribution in [-0.2, 0) is 9.16 Å². The molecule has 0 amide bonds. The average molecular weight is 534 g/mol. The maximum Gasteiger partial charge on any atom is 0.261 e. The minimum absolute atomic E-state index is 0.0771. The number of rotatable bonds is 7. The van der Waals surface area contributed by atoms with Gasteiger partial charge in [0, 0.05) is 24.8 Å². The molecule has 0 spiro atoms. The summed E-state index contributed by atoms with van der Waals surface area (Å²) < 4.78 is 27.0. The normalized spacial score (nSPS) is 26.0. The largest absolute Gasteiger partial charge is 0.407 e. The fraction of sp³-hybridized carbons (Fsp3) is 0.438. The highest BCUT2D eigenvalue weighted by atomic mass is 28.4. The standard InChI is InChI=1S/C32H40FNO3Si/c1-31(2,3)38(27-11-6-4-7-12-27,28-13-8-5-9-14-28)37-23-24-15-20-29(32(35)21-10-22-36-30(24)32)34-26-18-16-25(33)17-19-26/h4-9,11-14,16-19,24,29-30,34-35H,10,15,20-23H2,1-3H3. The maximum atomic E-state index is 13.5. The number of nitrogens with one attached hydrogen (secondary N) is 1. The highest BCUT2D eigenvalue weighted by Gasteiger charge is 2.55. The molecule has 0 bridgehead atoms. The van der Waals surface area contributed by atoms with Crippen LogP contribution < -0.4 is 15.7 Å². The fourth-order valence-electron chi connectivity index (χ4n) is 6.66. The van der Waals surface area contributed by atoms with E-state index in [0.29, 0.717) is 19.6 Å². The molecule has 3 aromatic rings. The summed E-state index contributed by atoms with van der Waals surface area (Å²) >= 11 is 0. The van der Waals surface area contributed by atoms with Crippen LogP contribution in [0.15, 0.2) is 84.9 Å². The number of anilines is 1. The first-order valence-corrected chi connectivity index (χ1v) is 15.8. The van der Waals surface area contributed by atoms with Crippen LogP contribution in [-0.4, -0.2) is 44.4 Å². The Balaban J connectivity index is 1.43. The Morgan fingerprint density at radius 1 is 0.947 bits per heavy atom. The summed E-state index contributed by atoms with van der Waals surface area (Å²) in [5, 5.41) is 17.9. The van der Waals surface area contributed by atoms with Gasteiger partial charge in [0.25, 0.3) is 8.32 Å². The van der Waals surface area contributed by atoms with E-state index in [1.807, 2.05) is 0 Å². The predicted octanol–water partition coefficient (Wildman–Crippen LogP) is 5.50. The molecule has 3 aromatic carbocycles. The Hall–Kier alpha value is -2.51. The maximum absolute atomic E-state index is 13.5. The molecule has 6 heteroatoms. The topological polar surface area (TPSA) is 50.7 Å². The molecule has 1 saturated carbocycles. The summed E-state index contributed by atoms with van der Waals surface area (Å²) in [6.45, 7) is 8.04. The molecule has 1 saturated heterocycles. The monoisotopic (exact) mass is 533 g/mol. The van der Waals surface area contributed by atoms with Gasteiger partial charge in [-0.3, -0.25) is 0 Å². The predicted molar refractivity (Wildman–Crippen MR) is 154 cm³/mol. The van der Waals surface area contributed by atoms with E-state index >= 15 is 0 Å². The Bertz CT molecular complexity index is 1150. The number of halogens is 1. The number of hydrogen-bond donors (Lipinski definition) is 2. The molecule has 1 aliphatic heterocycles. The molecule has 1 heterocycles. The molecule has 5 rings (SSSR count). The SMILES string of the molecule is CC(C)(C)[Si](OCC1CCC(Nc2ccc(F)cc2)C2(O)CCCOC12)(c1ccccc1)c1ccccc1. The van der Waals surface area contributed by atoms with Crippen molar-refractivity contribution in [1.29, 1.82) is 0 Å². The van der Waals surface area contributed by atoms with Crippen LogP contribution in [0.2, 0.25) is 5.04 Å². The molecule has 4 atom stereocenters. The zero-order valence-corrected chi connectivity index (χ0v) is 23.7. The zero-order chi connectivity index (χ0) is 26.8. The second kappa shape index (κ2) is 10.9. The van der Waals surface area contributed by atoms with E-state index in [9.17, 15) is 9.50 Å². The van der Waals surface area contributed by atoms with Crippen LogP contribution in [0.25, 0.3) is 0 Å². The lowest BCUT2D eigenvalue weighted by molar-refractivity contribution is -0.194. The van der Waals surface area contributed by atoms with Crippen LogP contribution in [0.4, 0.5) is 10.1 Å². The van der Waals surface area contributed by atoms with Gasteiger partial charge in [-0.2, -0.15) is 0 Å². The molecule has 2 fully saturated rings. The summed E-state index contributed by atoms with van der Waals surface area (Å²) in [4.78, 5) is 0. The number of hydrogen-bond acceptors (Lipinski definition) is 4. The molecule has 2 N–H and O–H groups in total. The molecular weight excluding hydrogens is 493 g/mol. The van der Waals surface area contributed by atoms with Crippen molar-refractivity contribution in [1.82, 2.24) is 0 Å². The summed E-state index contributed by atoms with van der Waals surface area (Å²) in [5.74, 6) is -0.189. The molecule has 0 radical (unpaired) electrons. The highest BCUT2D eigenvalue weighted by molar-refractivity contribution is 6.99. The lowest BCUT2D eigenvalue weighted by Gasteiger charge is -2.53. The van der Waals surface area contributed by atoms with Crippen LogP contribution in [0.5, 0.6) is 0 Å². The second-order valence-electron chi connectivity index (χ2n) is 11.9. The van der Waals surface area contributed by atoms with E-state index in [4.69, 9.17) is 9.16 Å². The van der Waals surface area contributed by atoms with Gasteiger partial charge in [-0.1, -0.05) is 81.4 Å². The first-order chi connectivity index (χ1) is 18.2. The third-order valence-corrected chi connectivity index (χ3v) is 13.5. The van der Waals surface area contributed by atoms with Gasteiger partial charge in [-0.05, 0) is 65.4 Å². The van der Waals surface area contributed by atoms with E-state index in [0.717, 1.165) is 24.9 Å². The van der Waals surface area contributed by atoms with E-state index < -0.39 is 13.9 Å². The van der Waals surface area contributed by atoms with E-state index in [1.54, 1.807) is 12.1 Å². The van der Waals surface area contributed by atoms with Crippen molar-refractivity contribution in [3.8, 4) is 0 Å². The molecule has 1 aliphatic carbocycles. The van der Waals surface area contributed by atoms with Crippen molar-refractivity contribution in [2.45, 2.75) is 69.2 Å². The number of benzene rings is 3. The molecule has 38 heavy (non-hydrogen) atoms. The van der Waals surface area contributed by atoms with Gasteiger partial charge in [0.1, 0.15) is 11.4 Å². The molecule has 0 aromatic heterocycles. The minimum Gasteiger partial charge on any atom is -0.407 e. The number of aliphatic hydroxyl groups is 1. The quantitative estimate of drug-likeness (QED) is 0.394. The van der Waals surface area contributed by atoms with E-state index in [1.165, 1.54) is 22.5 Å².